The number of hydrogen-bond acceptors (Lipinski definition) is 6. The highest BCUT2D eigenvalue weighted by Crippen LogP contribution is 2.39. The van der Waals surface area contributed by atoms with Crippen LogP contribution in [0, 0.1) is 0 Å². The highest BCUT2D eigenvalue weighted by atomic mass is 17.2. The van der Waals surface area contributed by atoms with Gasteiger partial charge in [0.05, 0.1) is 12.7 Å². The van der Waals surface area contributed by atoms with Gasteiger partial charge in [0.2, 0.25) is 0 Å². The Morgan fingerprint density at radius 2 is 1.09 bits per heavy atom. The van der Waals surface area contributed by atoms with Crippen molar-refractivity contribution in [3.8, 4) is 0 Å². The molecule has 0 aromatic carbocycles. The second-order valence-corrected chi connectivity index (χ2v) is 13.4. The lowest BCUT2D eigenvalue weighted by Gasteiger charge is -2.53. The van der Waals surface area contributed by atoms with Crippen LogP contribution in [-0.2, 0) is 19.3 Å². The van der Waals surface area contributed by atoms with E-state index in [1.807, 2.05) is 0 Å². The minimum absolute atomic E-state index is 0.0200. The second kappa shape index (κ2) is 11.6. The van der Waals surface area contributed by atoms with Gasteiger partial charge in [0.25, 0.3) is 0 Å². The zero-order valence-corrected chi connectivity index (χ0v) is 24.0. The van der Waals surface area contributed by atoms with Gasteiger partial charge in [-0.15, -0.1) is 0 Å². The van der Waals surface area contributed by atoms with Crippen molar-refractivity contribution in [3.63, 3.8) is 0 Å². The van der Waals surface area contributed by atoms with E-state index in [0.29, 0.717) is 13.0 Å². The van der Waals surface area contributed by atoms with Gasteiger partial charge in [-0.3, -0.25) is 14.6 Å². The van der Waals surface area contributed by atoms with E-state index in [-0.39, 0.29) is 40.3 Å². The fourth-order valence-corrected chi connectivity index (χ4v) is 6.06. The number of esters is 1. The summed E-state index contributed by atoms with van der Waals surface area (Å²) >= 11 is 0. The molecule has 0 unspecified atom stereocenters. The molecule has 0 radical (unpaired) electrons. The topological polar surface area (TPSA) is 51.2 Å². The summed E-state index contributed by atoms with van der Waals surface area (Å²) in [5.74, 6) is -0.0399. The molecule has 2 aliphatic heterocycles. The van der Waals surface area contributed by atoms with Crippen LogP contribution >= 0.6 is 0 Å². The number of carbonyl (C=O) groups excluding carboxylic acids is 1. The number of carbonyl (C=O) groups is 1. The number of unbranched alkanes of at least 4 members (excludes halogenated alkanes) is 4. The van der Waals surface area contributed by atoms with Gasteiger partial charge in [0.15, 0.2) is 0 Å². The number of hydrogen-bond donors (Lipinski definition) is 0. The molecule has 2 fully saturated rings. The average molecular weight is 483 g/mol. The maximum absolute atomic E-state index is 12.4. The van der Waals surface area contributed by atoms with Crippen molar-refractivity contribution in [3.05, 3.63) is 0 Å². The summed E-state index contributed by atoms with van der Waals surface area (Å²) in [7, 11) is 4.37. The Balaban J connectivity index is 1.53. The van der Waals surface area contributed by atoms with E-state index in [1.165, 1.54) is 0 Å². The van der Waals surface area contributed by atoms with Crippen molar-refractivity contribution in [2.75, 3.05) is 20.7 Å². The standard InChI is InChI=1S/C28H54N2O4/c1-25(2)18-22(19-26(3,4)29(25)9)33-24(31)16-14-12-11-13-15-17-32-34-23-20-27(5,6)30(10)28(7,8)21-23/h22-23H,11-21H2,1-10H3. The van der Waals surface area contributed by atoms with E-state index in [2.05, 4.69) is 79.3 Å². The molecule has 6 nitrogen and oxygen atoms in total. The Bertz CT molecular complexity index is 623. The van der Waals surface area contributed by atoms with Crippen LogP contribution in [0.4, 0.5) is 0 Å². The van der Waals surface area contributed by atoms with Crippen molar-refractivity contribution in [2.45, 2.75) is 154 Å². The van der Waals surface area contributed by atoms with Gasteiger partial charge < -0.3 is 4.74 Å². The first-order valence-corrected chi connectivity index (χ1v) is 13.5. The zero-order valence-electron chi connectivity index (χ0n) is 24.0. The minimum atomic E-state index is -0.0399. The van der Waals surface area contributed by atoms with E-state index in [4.69, 9.17) is 14.5 Å². The van der Waals surface area contributed by atoms with Gasteiger partial charge in [0.1, 0.15) is 6.10 Å². The minimum Gasteiger partial charge on any atom is -0.462 e. The van der Waals surface area contributed by atoms with Crippen LogP contribution in [0.15, 0.2) is 0 Å². The third kappa shape index (κ3) is 8.18. The van der Waals surface area contributed by atoms with Crippen molar-refractivity contribution in [1.29, 1.82) is 0 Å². The molecule has 0 atom stereocenters. The van der Waals surface area contributed by atoms with E-state index >= 15 is 0 Å². The van der Waals surface area contributed by atoms with Crippen LogP contribution in [0.1, 0.15) is 120 Å². The lowest BCUT2D eigenvalue weighted by atomic mass is 9.79. The van der Waals surface area contributed by atoms with E-state index in [9.17, 15) is 4.79 Å². The summed E-state index contributed by atoms with van der Waals surface area (Å²) in [5.41, 5.74) is 0.295. The smallest absolute Gasteiger partial charge is 0.306 e. The number of piperidine rings is 2. The largest absolute Gasteiger partial charge is 0.462 e. The molecular formula is C28H54N2O4. The number of nitrogens with zero attached hydrogens (tertiary/aromatic N) is 2. The molecule has 2 saturated heterocycles. The first-order valence-electron chi connectivity index (χ1n) is 13.5. The Kier molecular flexibility index (Phi) is 10.1. The first-order chi connectivity index (χ1) is 15.6. The molecule has 0 amide bonds. The normalized spacial score (nSPS) is 25.4. The Hall–Kier alpha value is -0.690. The molecule has 0 aliphatic carbocycles. The van der Waals surface area contributed by atoms with Crippen molar-refractivity contribution >= 4 is 5.97 Å². The van der Waals surface area contributed by atoms with E-state index in [0.717, 1.165) is 57.8 Å². The zero-order chi connectivity index (χ0) is 25.8. The van der Waals surface area contributed by atoms with Crippen LogP contribution in [0.2, 0.25) is 0 Å². The van der Waals surface area contributed by atoms with Gasteiger partial charge in [-0.2, -0.15) is 0 Å². The number of ether oxygens (including phenoxy) is 1. The van der Waals surface area contributed by atoms with E-state index in [1.54, 1.807) is 0 Å². The average Bonchev–Trinajstić information content (AvgIpc) is 2.68. The van der Waals surface area contributed by atoms with Crippen LogP contribution in [0.25, 0.3) is 0 Å². The van der Waals surface area contributed by atoms with Gasteiger partial charge in [-0.05, 0) is 95.2 Å². The summed E-state index contributed by atoms with van der Waals surface area (Å²) < 4.78 is 5.86. The first kappa shape index (κ1) is 29.5. The number of rotatable bonds is 11. The van der Waals surface area contributed by atoms with Crippen LogP contribution in [-0.4, -0.2) is 70.8 Å². The maximum atomic E-state index is 12.4. The fraction of sp³-hybridized carbons (Fsp3) is 0.964. The van der Waals surface area contributed by atoms with Crippen molar-refractivity contribution in [2.24, 2.45) is 0 Å². The SMILES string of the molecule is CN1C(C)(C)CC(OOCCCCCCCC(=O)OC2CC(C)(C)N(C)C(C)(C)C2)CC1(C)C. The van der Waals surface area contributed by atoms with E-state index < -0.39 is 0 Å². The molecule has 2 heterocycles. The Morgan fingerprint density at radius 3 is 1.59 bits per heavy atom. The molecule has 0 saturated carbocycles. The predicted molar refractivity (Wildman–Crippen MR) is 139 cm³/mol. The third-order valence-corrected chi connectivity index (χ3v) is 8.65. The maximum Gasteiger partial charge on any atom is 0.306 e. The molecule has 200 valence electrons. The third-order valence-electron chi connectivity index (χ3n) is 8.65. The Labute approximate surface area is 210 Å². The molecule has 2 rings (SSSR count). The predicted octanol–water partition coefficient (Wildman–Crippen LogP) is 6.12. The molecular weight excluding hydrogens is 428 g/mol. The summed E-state index contributed by atoms with van der Waals surface area (Å²) in [5, 5.41) is 0. The van der Waals surface area contributed by atoms with Gasteiger partial charge >= 0.3 is 5.97 Å². The van der Waals surface area contributed by atoms with Crippen molar-refractivity contribution < 1.29 is 19.3 Å². The molecule has 0 aromatic heterocycles. The molecule has 6 heteroatoms. The molecule has 0 aromatic rings. The quantitative estimate of drug-likeness (QED) is 0.153. The van der Waals surface area contributed by atoms with Crippen LogP contribution < -0.4 is 0 Å². The lowest BCUT2D eigenvalue weighted by molar-refractivity contribution is -0.339. The fourth-order valence-electron chi connectivity index (χ4n) is 6.06. The highest BCUT2D eigenvalue weighted by Gasteiger charge is 2.45. The van der Waals surface area contributed by atoms with Crippen LogP contribution in [0.3, 0.4) is 0 Å². The summed E-state index contributed by atoms with van der Waals surface area (Å²) in [6.45, 7) is 18.7. The molecule has 0 spiro atoms. The van der Waals surface area contributed by atoms with Gasteiger partial charge in [0, 0.05) is 41.4 Å². The molecule has 0 N–H and O–H groups in total. The molecule has 0 bridgehead atoms. The summed E-state index contributed by atoms with van der Waals surface area (Å²) in [6, 6.07) is 0. The monoisotopic (exact) mass is 482 g/mol. The second-order valence-electron chi connectivity index (χ2n) is 13.4. The summed E-state index contributed by atoms with van der Waals surface area (Å²) in [4.78, 5) is 28.6. The van der Waals surface area contributed by atoms with Crippen molar-refractivity contribution in [1.82, 2.24) is 9.80 Å². The molecule has 34 heavy (non-hydrogen) atoms. The highest BCUT2D eigenvalue weighted by molar-refractivity contribution is 5.69. The van der Waals surface area contributed by atoms with Gasteiger partial charge in [-0.25, -0.2) is 9.78 Å². The Morgan fingerprint density at radius 1 is 0.676 bits per heavy atom. The molecule has 2 aliphatic rings. The van der Waals surface area contributed by atoms with Crippen LogP contribution in [0.5, 0.6) is 0 Å². The number of likely N-dealkylation sites (tertiary alicyclic amines) is 2. The summed E-state index contributed by atoms with van der Waals surface area (Å²) in [6.07, 6.45) is 9.59. The van der Waals surface area contributed by atoms with Gasteiger partial charge in [-0.1, -0.05) is 19.3 Å². The lowest BCUT2D eigenvalue weighted by Crippen LogP contribution is -2.60.